The summed E-state index contributed by atoms with van der Waals surface area (Å²) in [5, 5.41) is 13.9. The van der Waals surface area contributed by atoms with E-state index in [0.29, 0.717) is 12.3 Å². The summed E-state index contributed by atoms with van der Waals surface area (Å²) in [6, 6.07) is 5.76. The molecule has 0 aliphatic carbocycles. The van der Waals surface area contributed by atoms with E-state index >= 15 is 0 Å². The number of carbonyl (C=O) groups is 1. The van der Waals surface area contributed by atoms with E-state index in [-0.39, 0.29) is 5.91 Å². The number of hydrazone groups is 1. The zero-order valence-electron chi connectivity index (χ0n) is 11.8. The number of H-pyrrole nitrogens is 1. The van der Waals surface area contributed by atoms with E-state index in [1.807, 2.05) is 18.2 Å². The van der Waals surface area contributed by atoms with Crippen molar-refractivity contribution in [3.63, 3.8) is 0 Å². The standard InChI is InChI=1S/C15H18N4O/c1-10(2)3-4-12-8-15(20)19(18-12)13-5-6-14-11(7-13)9-16-17-14/h5-7,9-10H,3-4,8H2,1-2H3,(H,16,17). The number of amides is 1. The first kappa shape index (κ1) is 12.8. The summed E-state index contributed by atoms with van der Waals surface area (Å²) in [6.07, 6.45) is 4.16. The van der Waals surface area contributed by atoms with E-state index in [0.717, 1.165) is 35.1 Å². The predicted octanol–water partition coefficient (Wildman–Crippen LogP) is 3.09. The number of nitrogens with zero attached hydrogens (tertiary/aromatic N) is 3. The van der Waals surface area contributed by atoms with E-state index in [9.17, 15) is 4.79 Å². The SMILES string of the molecule is CC(C)CCC1=NN(c2ccc3[nH]ncc3c2)C(=O)C1. The van der Waals surface area contributed by atoms with Gasteiger partial charge in [-0.3, -0.25) is 9.89 Å². The van der Waals surface area contributed by atoms with Gasteiger partial charge in [0.05, 0.1) is 23.8 Å². The molecular formula is C15H18N4O. The van der Waals surface area contributed by atoms with Crippen LogP contribution in [0.25, 0.3) is 10.9 Å². The second-order valence-corrected chi connectivity index (χ2v) is 5.62. The Morgan fingerprint density at radius 2 is 2.25 bits per heavy atom. The van der Waals surface area contributed by atoms with Crippen LogP contribution in [-0.4, -0.2) is 21.8 Å². The van der Waals surface area contributed by atoms with Crippen LogP contribution in [0.4, 0.5) is 5.69 Å². The highest BCUT2D eigenvalue weighted by Crippen LogP contribution is 2.25. The molecule has 1 aliphatic rings. The molecule has 1 aromatic carbocycles. The van der Waals surface area contributed by atoms with E-state index in [1.165, 1.54) is 5.01 Å². The molecule has 0 atom stereocenters. The summed E-state index contributed by atoms with van der Waals surface area (Å²) >= 11 is 0. The Bertz CT molecular complexity index is 671. The fourth-order valence-corrected chi connectivity index (χ4v) is 2.34. The molecule has 0 fully saturated rings. The summed E-state index contributed by atoms with van der Waals surface area (Å²) in [5.41, 5.74) is 2.75. The van der Waals surface area contributed by atoms with Crippen LogP contribution in [0.3, 0.4) is 0 Å². The normalized spacial score (nSPS) is 15.4. The van der Waals surface area contributed by atoms with Crippen molar-refractivity contribution in [3.05, 3.63) is 24.4 Å². The van der Waals surface area contributed by atoms with Crippen molar-refractivity contribution < 1.29 is 4.79 Å². The van der Waals surface area contributed by atoms with Gasteiger partial charge in [0.1, 0.15) is 0 Å². The zero-order valence-corrected chi connectivity index (χ0v) is 11.8. The van der Waals surface area contributed by atoms with Crippen molar-refractivity contribution in [2.45, 2.75) is 33.1 Å². The molecule has 1 aromatic heterocycles. The van der Waals surface area contributed by atoms with Gasteiger partial charge in [-0.2, -0.15) is 10.2 Å². The molecule has 1 aliphatic heterocycles. The number of hydrogen-bond acceptors (Lipinski definition) is 3. The first-order chi connectivity index (χ1) is 9.63. The highest BCUT2D eigenvalue weighted by Gasteiger charge is 2.25. The minimum Gasteiger partial charge on any atom is -0.278 e. The molecule has 5 nitrogen and oxygen atoms in total. The molecule has 2 aromatic rings. The summed E-state index contributed by atoms with van der Waals surface area (Å²) in [7, 11) is 0. The number of nitrogens with one attached hydrogen (secondary N) is 1. The van der Waals surface area contributed by atoms with Gasteiger partial charge in [0.15, 0.2) is 0 Å². The molecule has 0 unspecified atom stereocenters. The van der Waals surface area contributed by atoms with Crippen molar-refractivity contribution in [1.82, 2.24) is 10.2 Å². The summed E-state index contributed by atoms with van der Waals surface area (Å²) < 4.78 is 0. The fraction of sp³-hybridized carbons (Fsp3) is 0.400. The quantitative estimate of drug-likeness (QED) is 0.928. The lowest BCUT2D eigenvalue weighted by atomic mass is 10.0. The van der Waals surface area contributed by atoms with Crippen molar-refractivity contribution >= 4 is 28.2 Å². The number of hydrogen-bond donors (Lipinski definition) is 1. The molecule has 0 radical (unpaired) electrons. The Hall–Kier alpha value is -2.17. The van der Waals surface area contributed by atoms with E-state index in [2.05, 4.69) is 29.1 Å². The lowest BCUT2D eigenvalue weighted by molar-refractivity contribution is -0.116. The molecule has 3 rings (SSSR count). The third-order valence-corrected chi connectivity index (χ3v) is 3.51. The second kappa shape index (κ2) is 5.07. The van der Waals surface area contributed by atoms with Crippen molar-refractivity contribution in [2.75, 3.05) is 5.01 Å². The van der Waals surface area contributed by atoms with Crippen LogP contribution in [0.5, 0.6) is 0 Å². The van der Waals surface area contributed by atoms with Gasteiger partial charge >= 0.3 is 0 Å². The monoisotopic (exact) mass is 270 g/mol. The molecule has 1 amide bonds. The summed E-state index contributed by atoms with van der Waals surface area (Å²) in [4.78, 5) is 12.1. The highest BCUT2D eigenvalue weighted by molar-refractivity contribution is 6.13. The maximum absolute atomic E-state index is 12.1. The molecule has 104 valence electrons. The van der Waals surface area contributed by atoms with Crippen LogP contribution in [0.15, 0.2) is 29.5 Å². The number of fused-ring (bicyclic) bond motifs is 1. The number of aromatic amines is 1. The molecule has 2 heterocycles. The van der Waals surface area contributed by atoms with Crippen molar-refractivity contribution in [3.8, 4) is 0 Å². The second-order valence-electron chi connectivity index (χ2n) is 5.62. The van der Waals surface area contributed by atoms with Gasteiger partial charge in [-0.15, -0.1) is 0 Å². The van der Waals surface area contributed by atoms with Gasteiger partial charge in [-0.05, 0) is 37.0 Å². The number of rotatable bonds is 4. The third-order valence-electron chi connectivity index (χ3n) is 3.51. The van der Waals surface area contributed by atoms with Gasteiger partial charge < -0.3 is 0 Å². The van der Waals surface area contributed by atoms with Crippen LogP contribution in [-0.2, 0) is 4.79 Å². The summed E-state index contributed by atoms with van der Waals surface area (Å²) in [6.45, 7) is 4.36. The van der Waals surface area contributed by atoms with E-state index in [1.54, 1.807) is 6.20 Å². The molecule has 0 bridgehead atoms. The van der Waals surface area contributed by atoms with Crippen LogP contribution in [0.2, 0.25) is 0 Å². The first-order valence-corrected chi connectivity index (χ1v) is 6.96. The molecule has 0 spiro atoms. The molecule has 5 heteroatoms. The van der Waals surface area contributed by atoms with Crippen molar-refractivity contribution in [2.24, 2.45) is 11.0 Å². The van der Waals surface area contributed by atoms with Gasteiger partial charge in [0.2, 0.25) is 0 Å². The van der Waals surface area contributed by atoms with Gasteiger partial charge in [0, 0.05) is 11.1 Å². The maximum atomic E-state index is 12.1. The van der Waals surface area contributed by atoms with Crippen molar-refractivity contribution in [1.29, 1.82) is 0 Å². The first-order valence-electron chi connectivity index (χ1n) is 6.96. The highest BCUT2D eigenvalue weighted by atomic mass is 16.2. The van der Waals surface area contributed by atoms with Gasteiger partial charge in [0.25, 0.3) is 5.91 Å². The molecule has 0 saturated carbocycles. The van der Waals surface area contributed by atoms with Gasteiger partial charge in [-0.25, -0.2) is 5.01 Å². The molecule has 0 saturated heterocycles. The smallest absolute Gasteiger partial charge is 0.253 e. The van der Waals surface area contributed by atoms with E-state index < -0.39 is 0 Å². The Labute approximate surface area is 117 Å². The Kier molecular flexibility index (Phi) is 3.26. The maximum Gasteiger partial charge on any atom is 0.253 e. The average molecular weight is 270 g/mol. The zero-order chi connectivity index (χ0) is 14.1. The topological polar surface area (TPSA) is 61.4 Å². The van der Waals surface area contributed by atoms with Crippen LogP contribution in [0, 0.1) is 5.92 Å². The third kappa shape index (κ3) is 2.43. The number of benzene rings is 1. The predicted molar refractivity (Wildman–Crippen MR) is 79.7 cm³/mol. The minimum atomic E-state index is 0.0478. The lowest BCUT2D eigenvalue weighted by Gasteiger charge is -2.11. The van der Waals surface area contributed by atoms with Crippen LogP contribution < -0.4 is 5.01 Å². The summed E-state index contributed by atoms with van der Waals surface area (Å²) in [5.74, 6) is 0.677. The fourth-order valence-electron chi connectivity index (χ4n) is 2.34. The van der Waals surface area contributed by atoms with Crippen LogP contribution >= 0.6 is 0 Å². The minimum absolute atomic E-state index is 0.0478. The lowest BCUT2D eigenvalue weighted by Crippen LogP contribution is -2.19. The van der Waals surface area contributed by atoms with Gasteiger partial charge in [-0.1, -0.05) is 13.8 Å². The van der Waals surface area contributed by atoms with E-state index in [4.69, 9.17) is 0 Å². The van der Waals surface area contributed by atoms with Crippen LogP contribution in [0.1, 0.15) is 33.1 Å². The Morgan fingerprint density at radius 3 is 3.05 bits per heavy atom. The Balaban J connectivity index is 1.83. The molecular weight excluding hydrogens is 252 g/mol. The Morgan fingerprint density at radius 1 is 1.40 bits per heavy atom. The molecule has 1 N–H and O–H groups in total. The number of anilines is 1. The largest absolute Gasteiger partial charge is 0.278 e. The number of carbonyl (C=O) groups excluding carboxylic acids is 1. The number of aromatic nitrogens is 2. The molecule has 20 heavy (non-hydrogen) atoms. The average Bonchev–Trinajstić information content (AvgIpc) is 3.01.